The molecular weight excluding hydrogens is 310 g/mol. The predicted molar refractivity (Wildman–Crippen MR) is 99.8 cm³/mol. The van der Waals surface area contributed by atoms with E-state index >= 15 is 0 Å². The Morgan fingerprint density at radius 2 is 1.72 bits per heavy atom. The van der Waals surface area contributed by atoms with Crippen LogP contribution < -0.4 is 10.2 Å². The van der Waals surface area contributed by atoms with Crippen molar-refractivity contribution in [1.29, 1.82) is 0 Å². The summed E-state index contributed by atoms with van der Waals surface area (Å²) in [7, 11) is 0. The highest BCUT2D eigenvalue weighted by Gasteiger charge is 2.17. The van der Waals surface area contributed by atoms with Gasteiger partial charge in [0.2, 0.25) is 0 Å². The number of anilines is 2. The van der Waals surface area contributed by atoms with Gasteiger partial charge >= 0.3 is 0 Å². The average Bonchev–Trinajstić information content (AvgIpc) is 2.68. The van der Waals surface area contributed by atoms with Gasteiger partial charge in [-0.25, -0.2) is 0 Å². The second-order valence-electron chi connectivity index (χ2n) is 6.19. The van der Waals surface area contributed by atoms with Crippen LogP contribution in [0.5, 0.6) is 0 Å². The van der Waals surface area contributed by atoms with Crippen molar-refractivity contribution in [2.75, 3.05) is 16.8 Å². The van der Waals surface area contributed by atoms with E-state index in [9.17, 15) is 4.79 Å². The molecule has 0 unspecified atom stereocenters. The first kappa shape index (κ1) is 15.4. The van der Waals surface area contributed by atoms with Crippen LogP contribution in [0, 0.1) is 0 Å². The molecule has 3 aromatic rings. The molecule has 4 nitrogen and oxygen atoms in total. The Bertz CT molecular complexity index is 892. The SMILES string of the molecule is O=C(Nc1ccccc1)c1cncc(N2CCc3ccccc3C2)c1. The Hall–Kier alpha value is -3.14. The van der Waals surface area contributed by atoms with E-state index in [1.54, 1.807) is 6.20 Å². The molecule has 2 aromatic carbocycles. The fourth-order valence-corrected chi connectivity index (χ4v) is 3.17. The Morgan fingerprint density at radius 3 is 2.56 bits per heavy atom. The molecule has 0 aliphatic carbocycles. The zero-order chi connectivity index (χ0) is 17.1. The lowest BCUT2D eigenvalue weighted by molar-refractivity contribution is 0.102. The minimum Gasteiger partial charge on any atom is -0.366 e. The van der Waals surface area contributed by atoms with Crippen molar-refractivity contribution in [3.63, 3.8) is 0 Å². The van der Waals surface area contributed by atoms with Gasteiger partial charge in [-0.15, -0.1) is 0 Å². The van der Waals surface area contributed by atoms with E-state index in [1.165, 1.54) is 11.1 Å². The standard InChI is InChI=1S/C21H19N3O/c25-21(23-19-8-2-1-3-9-19)18-12-20(14-22-13-18)24-11-10-16-6-4-5-7-17(16)15-24/h1-9,12-14H,10-11,15H2,(H,23,25). The van der Waals surface area contributed by atoms with Gasteiger partial charge in [0, 0.05) is 25.0 Å². The number of amides is 1. The van der Waals surface area contributed by atoms with Crippen LogP contribution in [0.3, 0.4) is 0 Å². The van der Waals surface area contributed by atoms with Crippen molar-refractivity contribution in [3.05, 3.63) is 89.7 Å². The highest BCUT2D eigenvalue weighted by atomic mass is 16.1. The highest BCUT2D eigenvalue weighted by molar-refractivity contribution is 6.04. The molecule has 2 heterocycles. The van der Waals surface area contributed by atoms with E-state index in [2.05, 4.69) is 39.5 Å². The van der Waals surface area contributed by atoms with Gasteiger partial charge in [-0.1, -0.05) is 42.5 Å². The molecule has 0 atom stereocenters. The average molecular weight is 329 g/mol. The Kier molecular flexibility index (Phi) is 4.17. The summed E-state index contributed by atoms with van der Waals surface area (Å²) in [6.45, 7) is 1.78. The van der Waals surface area contributed by atoms with Crippen molar-refractivity contribution in [2.45, 2.75) is 13.0 Å². The lowest BCUT2D eigenvalue weighted by Gasteiger charge is -2.30. The highest BCUT2D eigenvalue weighted by Crippen LogP contribution is 2.24. The number of hydrogen-bond donors (Lipinski definition) is 1. The van der Waals surface area contributed by atoms with Gasteiger partial charge in [-0.3, -0.25) is 9.78 Å². The van der Waals surface area contributed by atoms with Gasteiger partial charge in [0.05, 0.1) is 17.4 Å². The van der Waals surface area contributed by atoms with E-state index in [1.807, 2.05) is 42.6 Å². The normalized spacial score (nSPS) is 13.2. The first-order chi connectivity index (χ1) is 12.3. The summed E-state index contributed by atoms with van der Waals surface area (Å²) in [5.74, 6) is -0.141. The van der Waals surface area contributed by atoms with Crippen molar-refractivity contribution >= 4 is 17.3 Å². The molecule has 1 aliphatic rings. The second kappa shape index (κ2) is 6.77. The Morgan fingerprint density at radius 1 is 0.960 bits per heavy atom. The maximum Gasteiger partial charge on any atom is 0.257 e. The maximum absolute atomic E-state index is 12.5. The second-order valence-corrected chi connectivity index (χ2v) is 6.19. The maximum atomic E-state index is 12.5. The van der Waals surface area contributed by atoms with Crippen molar-refractivity contribution in [1.82, 2.24) is 4.98 Å². The number of para-hydroxylation sites is 1. The van der Waals surface area contributed by atoms with Gasteiger partial charge in [-0.2, -0.15) is 0 Å². The smallest absolute Gasteiger partial charge is 0.257 e. The third kappa shape index (κ3) is 3.38. The third-order valence-corrected chi connectivity index (χ3v) is 4.51. The summed E-state index contributed by atoms with van der Waals surface area (Å²) in [4.78, 5) is 19.0. The van der Waals surface area contributed by atoms with Gasteiger partial charge in [-0.05, 0) is 35.7 Å². The molecule has 1 aromatic heterocycles. The zero-order valence-corrected chi connectivity index (χ0v) is 13.9. The quantitative estimate of drug-likeness (QED) is 0.793. The Balaban J connectivity index is 1.53. The number of pyridine rings is 1. The number of nitrogens with zero attached hydrogens (tertiary/aromatic N) is 2. The van der Waals surface area contributed by atoms with Crippen LogP contribution in [-0.2, 0) is 13.0 Å². The number of carbonyl (C=O) groups is 1. The van der Waals surface area contributed by atoms with Crippen LogP contribution in [0.25, 0.3) is 0 Å². The van der Waals surface area contributed by atoms with Gasteiger partial charge < -0.3 is 10.2 Å². The molecule has 4 heteroatoms. The van der Waals surface area contributed by atoms with E-state index in [4.69, 9.17) is 0 Å². The van der Waals surface area contributed by atoms with Crippen molar-refractivity contribution in [2.24, 2.45) is 0 Å². The van der Waals surface area contributed by atoms with Crippen LogP contribution in [-0.4, -0.2) is 17.4 Å². The molecule has 0 fully saturated rings. The molecule has 0 radical (unpaired) electrons. The minimum absolute atomic E-state index is 0.141. The van der Waals surface area contributed by atoms with E-state index in [0.29, 0.717) is 5.56 Å². The van der Waals surface area contributed by atoms with Crippen molar-refractivity contribution in [3.8, 4) is 0 Å². The fraction of sp³-hybridized carbons (Fsp3) is 0.143. The molecule has 0 saturated heterocycles. The molecule has 124 valence electrons. The monoisotopic (exact) mass is 329 g/mol. The number of aromatic nitrogens is 1. The van der Waals surface area contributed by atoms with E-state index < -0.39 is 0 Å². The number of hydrogen-bond acceptors (Lipinski definition) is 3. The minimum atomic E-state index is -0.141. The predicted octanol–water partition coefficient (Wildman–Crippen LogP) is 3.90. The summed E-state index contributed by atoms with van der Waals surface area (Å²) in [6, 6.07) is 19.9. The van der Waals surface area contributed by atoms with Gasteiger partial charge in [0.1, 0.15) is 0 Å². The lowest BCUT2D eigenvalue weighted by atomic mass is 9.99. The summed E-state index contributed by atoms with van der Waals surface area (Å²) in [5.41, 5.74) is 5.08. The third-order valence-electron chi connectivity index (χ3n) is 4.51. The molecule has 0 spiro atoms. The summed E-state index contributed by atoms with van der Waals surface area (Å²) < 4.78 is 0. The van der Waals surface area contributed by atoms with Crippen LogP contribution in [0.4, 0.5) is 11.4 Å². The van der Waals surface area contributed by atoms with Gasteiger partial charge in [0.25, 0.3) is 5.91 Å². The van der Waals surface area contributed by atoms with Crippen LogP contribution in [0.2, 0.25) is 0 Å². The molecular formula is C21H19N3O. The van der Waals surface area contributed by atoms with E-state index in [0.717, 1.165) is 30.9 Å². The largest absolute Gasteiger partial charge is 0.366 e. The van der Waals surface area contributed by atoms with Gasteiger partial charge in [0.15, 0.2) is 0 Å². The number of fused-ring (bicyclic) bond motifs is 1. The number of rotatable bonds is 3. The van der Waals surface area contributed by atoms with Crippen molar-refractivity contribution < 1.29 is 4.79 Å². The van der Waals surface area contributed by atoms with Crippen LogP contribution >= 0.6 is 0 Å². The zero-order valence-electron chi connectivity index (χ0n) is 13.9. The molecule has 4 rings (SSSR count). The molecule has 1 N–H and O–H groups in total. The number of carbonyl (C=O) groups excluding carboxylic acids is 1. The lowest BCUT2D eigenvalue weighted by Crippen LogP contribution is -2.30. The molecule has 1 aliphatic heterocycles. The topological polar surface area (TPSA) is 45.2 Å². The molecule has 25 heavy (non-hydrogen) atoms. The molecule has 1 amide bonds. The molecule has 0 saturated carbocycles. The summed E-state index contributed by atoms with van der Waals surface area (Å²) >= 11 is 0. The first-order valence-electron chi connectivity index (χ1n) is 8.43. The van der Waals surface area contributed by atoms with Crippen LogP contribution in [0.15, 0.2) is 73.1 Å². The molecule has 0 bridgehead atoms. The van der Waals surface area contributed by atoms with E-state index in [-0.39, 0.29) is 5.91 Å². The Labute approximate surface area is 147 Å². The van der Waals surface area contributed by atoms with Crippen LogP contribution in [0.1, 0.15) is 21.5 Å². The first-order valence-corrected chi connectivity index (χ1v) is 8.43. The summed E-state index contributed by atoms with van der Waals surface area (Å²) in [5, 5.41) is 2.91. The number of benzene rings is 2. The fourth-order valence-electron chi connectivity index (χ4n) is 3.17. The summed E-state index contributed by atoms with van der Waals surface area (Å²) in [6.07, 6.45) is 4.45. The number of nitrogens with one attached hydrogen (secondary N) is 1.